The molecule has 0 radical (unpaired) electrons. The number of nitrogens with zero attached hydrogens (tertiary/aromatic N) is 4. The van der Waals surface area contributed by atoms with Crippen LogP contribution in [0.4, 0.5) is 22.7 Å². The molecule has 9 heteroatoms. The third-order valence-corrected chi connectivity index (χ3v) is 3.09. The van der Waals surface area contributed by atoms with Crippen LogP contribution in [0, 0.1) is 31.6 Å². The van der Waals surface area contributed by atoms with Gasteiger partial charge >= 0.3 is 0 Å². The van der Waals surface area contributed by atoms with E-state index in [0.717, 1.165) is 0 Å². The topological polar surface area (TPSA) is 134 Å². The fourth-order valence-corrected chi connectivity index (χ4v) is 2.35. The molecule has 0 saturated heterocycles. The molecule has 0 aromatic heterocycles. The Balaban J connectivity index is 0.000000595. The average molecular weight is 313 g/mol. The molecule has 0 bridgehead atoms. The highest BCUT2D eigenvalue weighted by molar-refractivity contribution is 6.17. The highest BCUT2D eigenvalue weighted by Gasteiger charge is 2.27. The normalized spacial score (nSPS) is 11.4. The smallest absolute Gasteiger partial charge is 0.284 e. The minimum absolute atomic E-state index is 0.00116. The first-order chi connectivity index (χ1) is 10.9. The summed E-state index contributed by atoms with van der Waals surface area (Å²) in [7, 11) is 0. The average Bonchev–Trinajstić information content (AvgIpc) is 2.47. The number of hydrogen-bond donors (Lipinski definition) is 1. The minimum atomic E-state index is -0.624. The predicted molar refractivity (Wildman–Crippen MR) is 84.9 cm³/mol. The summed E-state index contributed by atoms with van der Waals surface area (Å²) in [5.74, 6) is 0.626. The summed E-state index contributed by atoms with van der Waals surface area (Å²) in [6, 6.07) is 7.29. The van der Waals surface area contributed by atoms with E-state index in [0.29, 0.717) is 22.6 Å². The molecule has 0 aliphatic carbocycles. The molecule has 0 spiro atoms. The maximum absolute atomic E-state index is 11.1. The van der Waals surface area contributed by atoms with Gasteiger partial charge in [-0.2, -0.15) is 5.26 Å². The second kappa shape index (κ2) is 6.07. The molecule has 1 aliphatic heterocycles. The molecule has 1 N–H and O–H groups in total. The lowest BCUT2D eigenvalue weighted by Gasteiger charge is -2.16. The quantitative estimate of drug-likeness (QED) is 0.664. The highest BCUT2D eigenvalue weighted by Crippen LogP contribution is 2.44. The Kier molecular flexibility index (Phi) is 4.18. The zero-order valence-corrected chi connectivity index (χ0v) is 12.2. The fourth-order valence-electron chi connectivity index (χ4n) is 2.35. The number of nitro benzene ring substituents is 2. The van der Waals surface area contributed by atoms with Gasteiger partial charge in [0.25, 0.3) is 11.4 Å². The number of nitrogens with one attached hydrogen (secondary N) is 1. The summed E-state index contributed by atoms with van der Waals surface area (Å²) in [5.41, 5.74) is 0.472. The number of anilines is 1. The van der Waals surface area contributed by atoms with Gasteiger partial charge in [-0.05, 0) is 19.1 Å². The van der Waals surface area contributed by atoms with Crippen molar-refractivity contribution in [3.05, 3.63) is 44.5 Å². The summed E-state index contributed by atoms with van der Waals surface area (Å²) in [6.45, 7) is 3.18. The van der Waals surface area contributed by atoms with Crippen LogP contribution in [0.2, 0.25) is 0 Å². The van der Waals surface area contributed by atoms with Crippen molar-refractivity contribution in [3.63, 3.8) is 0 Å². The van der Waals surface area contributed by atoms with Crippen molar-refractivity contribution < 1.29 is 9.85 Å². The lowest BCUT2D eigenvalue weighted by molar-refractivity contribution is -0.390. The molecule has 0 amide bonds. The molecule has 0 atom stereocenters. The molecule has 2 aromatic carbocycles. The molecule has 116 valence electrons. The first kappa shape index (κ1) is 15.8. The number of amidine groups is 1. The van der Waals surface area contributed by atoms with Crippen molar-refractivity contribution in [3.8, 4) is 6.07 Å². The van der Waals surface area contributed by atoms with E-state index < -0.39 is 9.85 Å². The Labute approximate surface area is 130 Å². The van der Waals surface area contributed by atoms with E-state index in [2.05, 4.69) is 10.3 Å². The third-order valence-electron chi connectivity index (χ3n) is 3.09. The van der Waals surface area contributed by atoms with Crippen LogP contribution in [0.1, 0.15) is 13.8 Å². The van der Waals surface area contributed by atoms with Crippen LogP contribution >= 0.6 is 0 Å². The van der Waals surface area contributed by atoms with Crippen LogP contribution in [0.25, 0.3) is 10.8 Å². The van der Waals surface area contributed by atoms with Crippen LogP contribution in [0.5, 0.6) is 0 Å². The monoisotopic (exact) mass is 313 g/mol. The molecule has 23 heavy (non-hydrogen) atoms. The molecule has 1 aliphatic rings. The first-order valence-electron chi connectivity index (χ1n) is 6.42. The summed E-state index contributed by atoms with van der Waals surface area (Å²) >= 11 is 0. The molecule has 3 rings (SSSR count). The molecule has 1 heterocycles. The Morgan fingerprint density at radius 1 is 1.09 bits per heavy atom. The van der Waals surface area contributed by atoms with Crippen LogP contribution in [0.3, 0.4) is 0 Å². The summed E-state index contributed by atoms with van der Waals surface area (Å²) in [6.07, 6.45) is 0. The maximum atomic E-state index is 11.1. The van der Waals surface area contributed by atoms with Gasteiger partial charge in [-0.15, -0.1) is 0 Å². The molecule has 9 nitrogen and oxygen atoms in total. The largest absolute Gasteiger partial charge is 0.343 e. The van der Waals surface area contributed by atoms with Crippen molar-refractivity contribution in [1.29, 1.82) is 5.26 Å². The Bertz CT molecular complexity index is 878. The van der Waals surface area contributed by atoms with Crippen molar-refractivity contribution in [2.75, 3.05) is 5.32 Å². The van der Waals surface area contributed by atoms with Gasteiger partial charge in [0.15, 0.2) is 0 Å². The minimum Gasteiger partial charge on any atom is -0.343 e. The van der Waals surface area contributed by atoms with E-state index in [9.17, 15) is 20.2 Å². The zero-order valence-electron chi connectivity index (χ0n) is 12.2. The van der Waals surface area contributed by atoms with Crippen molar-refractivity contribution in [1.82, 2.24) is 0 Å². The lowest BCUT2D eigenvalue weighted by atomic mass is 10.0. The Morgan fingerprint density at radius 3 is 2.13 bits per heavy atom. The molecule has 0 unspecified atom stereocenters. The summed E-state index contributed by atoms with van der Waals surface area (Å²) in [5, 5.41) is 32.9. The number of rotatable bonds is 2. The number of hydrogen-bond acceptors (Lipinski definition) is 7. The van der Waals surface area contributed by atoms with Crippen molar-refractivity contribution in [2.45, 2.75) is 13.8 Å². The Hall–Kier alpha value is -3.54. The number of nitriles is 1. The van der Waals surface area contributed by atoms with Gasteiger partial charge in [-0.25, -0.2) is 4.99 Å². The van der Waals surface area contributed by atoms with Gasteiger partial charge in [0.1, 0.15) is 11.2 Å². The van der Waals surface area contributed by atoms with Gasteiger partial charge < -0.3 is 5.32 Å². The lowest BCUT2D eigenvalue weighted by Crippen LogP contribution is -2.11. The second-order valence-corrected chi connectivity index (χ2v) is 4.55. The molecule has 2 aromatic rings. The number of aliphatic imine (C=N–C) groups is 1. The van der Waals surface area contributed by atoms with Crippen LogP contribution in [0.15, 0.2) is 29.3 Å². The standard InChI is InChI=1S/C12H8N4O4.C2H3N/c1-6-13-7-2-4-9(15(17)18)12-10(16(19)20)5-3-8(14-6)11(7)12;1-2-3/h2-5H,1H3,(H,13,14);1H3. The molecular formula is C14H11N5O4. The number of benzene rings is 2. The predicted octanol–water partition coefficient (Wildman–Crippen LogP) is 3.66. The summed E-state index contributed by atoms with van der Waals surface area (Å²) in [4.78, 5) is 25.2. The number of non-ortho nitro benzene ring substituents is 2. The van der Waals surface area contributed by atoms with Gasteiger partial charge in [0, 0.05) is 24.4 Å². The van der Waals surface area contributed by atoms with Crippen LogP contribution in [-0.2, 0) is 0 Å². The van der Waals surface area contributed by atoms with Gasteiger partial charge in [-0.3, -0.25) is 20.2 Å². The SMILES string of the molecule is CC#N.CC1=Nc2ccc([N+](=O)[O-])c3c([N+](=O)[O-])ccc(c23)N1. The maximum Gasteiger partial charge on any atom is 0.284 e. The van der Waals surface area contributed by atoms with Crippen molar-refractivity contribution >= 4 is 39.4 Å². The van der Waals surface area contributed by atoms with Gasteiger partial charge in [-0.1, -0.05) is 0 Å². The van der Waals surface area contributed by atoms with E-state index >= 15 is 0 Å². The third kappa shape index (κ3) is 2.77. The second-order valence-electron chi connectivity index (χ2n) is 4.55. The van der Waals surface area contributed by atoms with Crippen molar-refractivity contribution in [2.24, 2.45) is 4.99 Å². The van der Waals surface area contributed by atoms with Crippen LogP contribution in [-0.4, -0.2) is 15.7 Å². The van der Waals surface area contributed by atoms with Crippen LogP contribution < -0.4 is 5.32 Å². The summed E-state index contributed by atoms with van der Waals surface area (Å²) < 4.78 is 0. The van der Waals surface area contributed by atoms with E-state index in [4.69, 9.17) is 5.26 Å². The molecule has 0 fully saturated rings. The van der Waals surface area contributed by atoms with E-state index in [-0.39, 0.29) is 16.8 Å². The zero-order chi connectivity index (χ0) is 17.1. The Morgan fingerprint density at radius 2 is 1.61 bits per heavy atom. The fraction of sp³-hybridized carbons (Fsp3) is 0.143. The van der Waals surface area contributed by atoms with Gasteiger partial charge in [0.2, 0.25) is 0 Å². The van der Waals surface area contributed by atoms with E-state index in [1.54, 1.807) is 13.0 Å². The van der Waals surface area contributed by atoms with E-state index in [1.165, 1.54) is 31.2 Å². The van der Waals surface area contributed by atoms with Gasteiger partial charge in [0.05, 0.1) is 27.3 Å². The molecule has 0 saturated carbocycles. The first-order valence-corrected chi connectivity index (χ1v) is 6.42. The highest BCUT2D eigenvalue weighted by atomic mass is 16.6. The van der Waals surface area contributed by atoms with E-state index in [1.807, 2.05) is 0 Å². The number of nitro groups is 2. The molecular weight excluding hydrogens is 302 g/mol.